The topological polar surface area (TPSA) is 157 Å². The molecule has 0 fully saturated rings. The minimum atomic E-state index is -0.417. The Morgan fingerprint density at radius 1 is 0.667 bits per heavy atom. The van der Waals surface area contributed by atoms with Crippen molar-refractivity contribution in [3.8, 4) is 0 Å². The number of nitrogens with two attached hydrogens (primary N) is 2. The number of rotatable bonds is 6. The van der Waals surface area contributed by atoms with Crippen molar-refractivity contribution >= 4 is 34.8 Å². The molecule has 0 radical (unpaired) electrons. The number of amides is 1. The summed E-state index contributed by atoms with van der Waals surface area (Å²) in [5.41, 5.74) is 14.3. The lowest BCUT2D eigenvalue weighted by Gasteiger charge is -2.05. The summed E-state index contributed by atoms with van der Waals surface area (Å²) >= 11 is 0. The molecule has 4 heterocycles. The quantitative estimate of drug-likeness (QED) is 0.309. The van der Waals surface area contributed by atoms with Crippen LogP contribution < -0.4 is 16.8 Å². The molecule has 4 aromatic heterocycles. The van der Waals surface area contributed by atoms with Crippen molar-refractivity contribution in [2.75, 3.05) is 5.32 Å². The molecule has 0 aliphatic rings. The number of aromatic nitrogens is 4. The number of anilines is 1. The van der Waals surface area contributed by atoms with Crippen LogP contribution >= 0.6 is 0 Å². The molecule has 4 aromatic rings. The first-order chi connectivity index (χ1) is 16.1. The van der Waals surface area contributed by atoms with Gasteiger partial charge in [-0.1, -0.05) is 12.1 Å². The predicted molar refractivity (Wildman–Crippen MR) is 126 cm³/mol. The zero-order valence-corrected chi connectivity index (χ0v) is 17.3. The van der Waals surface area contributed by atoms with Crippen molar-refractivity contribution in [2.24, 2.45) is 21.5 Å². The number of carbonyl (C=O) groups excluding carboxylic acids is 1. The van der Waals surface area contributed by atoms with Gasteiger partial charge in [0.2, 0.25) is 0 Å². The average Bonchev–Trinajstić information content (AvgIpc) is 2.86. The van der Waals surface area contributed by atoms with Gasteiger partial charge in [-0.15, -0.1) is 0 Å². The van der Waals surface area contributed by atoms with E-state index in [2.05, 4.69) is 35.2 Å². The minimum Gasteiger partial charge on any atom is -0.382 e. The molecular weight excluding hydrogens is 418 g/mol. The third-order valence-corrected chi connectivity index (χ3v) is 4.32. The second-order valence-electron chi connectivity index (χ2n) is 6.68. The van der Waals surface area contributed by atoms with Gasteiger partial charge >= 0.3 is 0 Å². The van der Waals surface area contributed by atoms with Gasteiger partial charge in [-0.2, -0.15) is 0 Å². The molecule has 0 aromatic carbocycles. The van der Waals surface area contributed by atoms with Crippen LogP contribution in [0.4, 0.5) is 17.2 Å². The van der Waals surface area contributed by atoms with E-state index < -0.39 is 5.91 Å². The number of pyridine rings is 4. The lowest BCUT2D eigenvalue weighted by atomic mass is 10.3. The van der Waals surface area contributed by atoms with E-state index in [9.17, 15) is 4.79 Å². The standard InChI is InChI=1S/C23H19N9O/c24-21(17-5-1-3-11-26-17)30-15-7-9-19(28-13-15)23(33)32-20-10-8-16(14-29-20)31-22(25)18-6-2-4-12-27-18/h1-14H,(H2,24,30)(H2,25,31)(H,29,32,33). The van der Waals surface area contributed by atoms with E-state index >= 15 is 0 Å². The van der Waals surface area contributed by atoms with Crippen LogP contribution in [-0.2, 0) is 0 Å². The Hall–Kier alpha value is -4.99. The van der Waals surface area contributed by atoms with E-state index in [1.165, 1.54) is 12.4 Å². The van der Waals surface area contributed by atoms with Gasteiger partial charge in [-0.3, -0.25) is 14.8 Å². The van der Waals surface area contributed by atoms with Crippen molar-refractivity contribution in [1.82, 2.24) is 19.9 Å². The second kappa shape index (κ2) is 9.88. The zero-order valence-electron chi connectivity index (χ0n) is 17.3. The highest BCUT2D eigenvalue weighted by atomic mass is 16.1. The van der Waals surface area contributed by atoms with Crippen LogP contribution in [0.5, 0.6) is 0 Å². The molecule has 10 heteroatoms. The summed E-state index contributed by atoms with van der Waals surface area (Å²) in [6, 6.07) is 17.2. The van der Waals surface area contributed by atoms with Crippen LogP contribution in [0.3, 0.4) is 0 Å². The fourth-order valence-corrected chi connectivity index (χ4v) is 2.71. The minimum absolute atomic E-state index is 0.202. The Kier molecular flexibility index (Phi) is 6.36. The molecule has 0 saturated carbocycles. The van der Waals surface area contributed by atoms with E-state index in [4.69, 9.17) is 11.5 Å². The van der Waals surface area contributed by atoms with Gasteiger partial charge < -0.3 is 16.8 Å². The van der Waals surface area contributed by atoms with Gasteiger partial charge in [-0.25, -0.2) is 20.0 Å². The molecular formula is C23H19N9O. The van der Waals surface area contributed by atoms with Crippen LogP contribution in [0, 0.1) is 0 Å². The number of hydrogen-bond acceptors (Lipinski definition) is 7. The van der Waals surface area contributed by atoms with Crippen LogP contribution in [0.1, 0.15) is 21.9 Å². The molecule has 162 valence electrons. The van der Waals surface area contributed by atoms with Gasteiger partial charge in [0.25, 0.3) is 5.91 Å². The van der Waals surface area contributed by atoms with Crippen LogP contribution in [-0.4, -0.2) is 37.5 Å². The molecule has 0 saturated heterocycles. The first-order valence-corrected chi connectivity index (χ1v) is 9.83. The summed E-state index contributed by atoms with van der Waals surface area (Å²) < 4.78 is 0. The summed E-state index contributed by atoms with van der Waals surface area (Å²) in [6.45, 7) is 0. The Morgan fingerprint density at radius 2 is 1.24 bits per heavy atom. The predicted octanol–water partition coefficient (Wildman–Crippen LogP) is 2.59. The molecule has 0 aliphatic heterocycles. The number of aliphatic imine (C=N–C) groups is 2. The Morgan fingerprint density at radius 3 is 1.70 bits per heavy atom. The Bertz CT molecular complexity index is 1290. The van der Waals surface area contributed by atoms with Gasteiger partial charge in [0.15, 0.2) is 0 Å². The van der Waals surface area contributed by atoms with E-state index in [-0.39, 0.29) is 17.4 Å². The molecule has 5 N–H and O–H groups in total. The average molecular weight is 437 g/mol. The van der Waals surface area contributed by atoms with Gasteiger partial charge in [0, 0.05) is 12.4 Å². The summed E-state index contributed by atoms with van der Waals surface area (Å²) in [5, 5.41) is 2.68. The Balaban J connectivity index is 1.40. The van der Waals surface area contributed by atoms with Crippen LogP contribution in [0.2, 0.25) is 0 Å². The van der Waals surface area contributed by atoms with Gasteiger partial charge in [0.1, 0.15) is 34.6 Å². The highest BCUT2D eigenvalue weighted by molar-refractivity contribution is 6.02. The van der Waals surface area contributed by atoms with Crippen molar-refractivity contribution in [3.63, 3.8) is 0 Å². The molecule has 0 bridgehead atoms. The maximum atomic E-state index is 12.5. The van der Waals surface area contributed by atoms with Crippen molar-refractivity contribution in [2.45, 2.75) is 0 Å². The summed E-state index contributed by atoms with van der Waals surface area (Å²) in [4.78, 5) is 37.6. The highest BCUT2D eigenvalue weighted by Gasteiger charge is 2.09. The SMILES string of the molecule is NC(=Nc1ccc(NC(=O)c2ccc(N=C(N)c3ccccn3)cn2)nc1)c1ccccn1. The number of hydrogen-bond donors (Lipinski definition) is 3. The lowest BCUT2D eigenvalue weighted by molar-refractivity contribution is 0.102. The Labute approximate surface area is 189 Å². The van der Waals surface area contributed by atoms with Gasteiger partial charge in [0.05, 0.1) is 23.8 Å². The molecule has 1 amide bonds. The van der Waals surface area contributed by atoms with Crippen molar-refractivity contribution < 1.29 is 4.79 Å². The molecule has 4 rings (SSSR count). The lowest BCUT2D eigenvalue weighted by Crippen LogP contribution is -2.15. The molecule has 33 heavy (non-hydrogen) atoms. The van der Waals surface area contributed by atoms with Crippen molar-refractivity contribution in [1.29, 1.82) is 0 Å². The largest absolute Gasteiger partial charge is 0.382 e. The maximum absolute atomic E-state index is 12.5. The number of carbonyl (C=O) groups is 1. The number of amidine groups is 2. The smallest absolute Gasteiger partial charge is 0.275 e. The maximum Gasteiger partial charge on any atom is 0.275 e. The van der Waals surface area contributed by atoms with E-state index in [1.807, 2.05) is 12.1 Å². The normalized spacial score (nSPS) is 11.8. The third-order valence-electron chi connectivity index (χ3n) is 4.32. The first-order valence-electron chi connectivity index (χ1n) is 9.83. The molecule has 0 spiro atoms. The van der Waals surface area contributed by atoms with Crippen LogP contribution in [0.25, 0.3) is 0 Å². The number of nitrogens with one attached hydrogen (secondary N) is 1. The zero-order chi connectivity index (χ0) is 23.0. The molecule has 10 nitrogen and oxygen atoms in total. The summed E-state index contributed by atoms with van der Waals surface area (Å²) in [7, 11) is 0. The van der Waals surface area contributed by atoms with E-state index in [1.54, 1.807) is 60.9 Å². The third kappa shape index (κ3) is 5.58. The molecule has 0 aliphatic carbocycles. The number of nitrogens with zero attached hydrogens (tertiary/aromatic N) is 6. The fraction of sp³-hybridized carbons (Fsp3) is 0. The van der Waals surface area contributed by atoms with E-state index in [0.29, 0.717) is 28.6 Å². The van der Waals surface area contributed by atoms with Crippen LogP contribution in [0.15, 0.2) is 95.4 Å². The van der Waals surface area contributed by atoms with E-state index in [0.717, 1.165) is 0 Å². The summed E-state index contributed by atoms with van der Waals surface area (Å²) in [6.07, 6.45) is 6.22. The van der Waals surface area contributed by atoms with Gasteiger partial charge in [-0.05, 0) is 48.5 Å². The molecule has 0 atom stereocenters. The first kappa shape index (κ1) is 21.2. The second-order valence-corrected chi connectivity index (χ2v) is 6.68. The monoisotopic (exact) mass is 437 g/mol. The highest BCUT2D eigenvalue weighted by Crippen LogP contribution is 2.16. The summed E-state index contributed by atoms with van der Waals surface area (Å²) in [5.74, 6) is 0.452. The molecule has 0 unspecified atom stereocenters. The van der Waals surface area contributed by atoms with Crippen molar-refractivity contribution in [3.05, 3.63) is 103 Å². The fourth-order valence-electron chi connectivity index (χ4n) is 2.71.